The van der Waals surface area contributed by atoms with Crippen LogP contribution < -0.4 is 18.9 Å². The van der Waals surface area contributed by atoms with Crippen LogP contribution in [0.1, 0.15) is 33.3 Å². The third-order valence-corrected chi connectivity index (χ3v) is 6.05. The number of hydrogen-bond donors (Lipinski definition) is 1. The van der Waals surface area contributed by atoms with Crippen molar-refractivity contribution in [3.8, 4) is 40.2 Å². The summed E-state index contributed by atoms with van der Waals surface area (Å²) in [5, 5.41) is 12.0. The molecule has 0 atom stereocenters. The lowest BCUT2D eigenvalue weighted by molar-refractivity contribution is 0.233. The SMILES string of the molecule is CC(C)Oc1cc(Cl)ccc1Oc1ccc(Cl)cc1Cl.Cc1ccc(Oc2ccc(OC(C)C)cc2O)c(Cl)c1. The molecule has 0 saturated carbocycles. The summed E-state index contributed by atoms with van der Waals surface area (Å²) >= 11 is 24.0. The van der Waals surface area contributed by atoms with E-state index in [1.807, 2.05) is 46.8 Å². The highest BCUT2D eigenvalue weighted by molar-refractivity contribution is 6.35. The zero-order valence-electron chi connectivity index (χ0n) is 22.7. The summed E-state index contributed by atoms with van der Waals surface area (Å²) in [4.78, 5) is 0. The van der Waals surface area contributed by atoms with Crippen LogP contribution in [0.25, 0.3) is 0 Å². The van der Waals surface area contributed by atoms with E-state index in [1.165, 1.54) is 6.07 Å². The third kappa shape index (κ3) is 9.60. The van der Waals surface area contributed by atoms with E-state index < -0.39 is 0 Å². The Morgan fingerprint density at radius 1 is 0.550 bits per heavy atom. The molecule has 4 aromatic rings. The van der Waals surface area contributed by atoms with Crippen LogP contribution in [0.4, 0.5) is 0 Å². The Morgan fingerprint density at radius 2 is 1.07 bits per heavy atom. The zero-order valence-corrected chi connectivity index (χ0v) is 25.7. The second-order valence-electron chi connectivity index (χ2n) is 9.27. The number of ether oxygens (including phenoxy) is 4. The van der Waals surface area contributed by atoms with Crippen LogP contribution in [0.2, 0.25) is 20.1 Å². The van der Waals surface area contributed by atoms with Gasteiger partial charge in [0.1, 0.15) is 17.2 Å². The summed E-state index contributed by atoms with van der Waals surface area (Å²) in [5.41, 5.74) is 1.05. The topological polar surface area (TPSA) is 57.2 Å². The summed E-state index contributed by atoms with van der Waals surface area (Å²) < 4.78 is 22.6. The number of aryl methyl sites for hydroxylation is 1. The van der Waals surface area contributed by atoms with Crippen molar-refractivity contribution < 1.29 is 24.1 Å². The van der Waals surface area contributed by atoms with E-state index in [1.54, 1.807) is 54.6 Å². The standard InChI is InChI=1S/C16H17ClO3.C15H13Cl3O2/c1-10(2)19-12-5-7-16(14(18)9-12)20-15-6-4-11(3)8-13(15)17;1-9(2)19-15-8-11(17)4-6-14(15)20-13-5-3-10(16)7-12(13)18/h4-10,18H,1-3H3;3-9H,1-2H3. The van der Waals surface area contributed by atoms with Crippen molar-refractivity contribution in [1.82, 2.24) is 0 Å². The van der Waals surface area contributed by atoms with Crippen molar-refractivity contribution in [3.63, 3.8) is 0 Å². The van der Waals surface area contributed by atoms with E-state index in [0.717, 1.165) is 5.56 Å². The average Bonchev–Trinajstić information content (AvgIpc) is 2.85. The molecule has 212 valence electrons. The Hall–Kier alpha value is -2.96. The maximum absolute atomic E-state index is 9.96. The van der Waals surface area contributed by atoms with Crippen molar-refractivity contribution in [1.29, 1.82) is 0 Å². The minimum absolute atomic E-state index is 0.0107. The summed E-state index contributed by atoms with van der Waals surface area (Å²) in [6, 6.07) is 20.6. The molecule has 4 aromatic carbocycles. The molecule has 0 radical (unpaired) electrons. The van der Waals surface area contributed by atoms with Gasteiger partial charge in [0, 0.05) is 22.2 Å². The molecule has 0 amide bonds. The second-order valence-corrected chi connectivity index (χ2v) is 11.0. The van der Waals surface area contributed by atoms with Gasteiger partial charge in [-0.25, -0.2) is 0 Å². The maximum Gasteiger partial charge on any atom is 0.169 e. The highest BCUT2D eigenvalue weighted by Crippen LogP contribution is 2.39. The van der Waals surface area contributed by atoms with Crippen LogP contribution in [0.15, 0.2) is 72.8 Å². The molecule has 0 aromatic heterocycles. The lowest BCUT2D eigenvalue weighted by Crippen LogP contribution is -2.06. The lowest BCUT2D eigenvalue weighted by atomic mass is 10.2. The highest BCUT2D eigenvalue weighted by Gasteiger charge is 2.12. The lowest BCUT2D eigenvalue weighted by Gasteiger charge is -2.15. The van der Waals surface area contributed by atoms with Crippen LogP contribution in [0, 0.1) is 6.92 Å². The predicted octanol–water partition coefficient (Wildman–Crippen LogP) is 11.2. The summed E-state index contributed by atoms with van der Waals surface area (Å²) in [6.07, 6.45) is 0.0595. The fourth-order valence-corrected chi connectivity index (χ4v) is 4.21. The van der Waals surface area contributed by atoms with Gasteiger partial charge in [-0.15, -0.1) is 0 Å². The Balaban J connectivity index is 0.000000220. The normalized spacial score (nSPS) is 10.7. The smallest absolute Gasteiger partial charge is 0.169 e. The predicted molar refractivity (Wildman–Crippen MR) is 164 cm³/mol. The van der Waals surface area contributed by atoms with Gasteiger partial charge in [-0.05, 0) is 94.8 Å². The summed E-state index contributed by atoms with van der Waals surface area (Å²) in [6.45, 7) is 9.66. The molecular weight excluding hydrogens is 594 g/mol. The molecule has 0 aliphatic heterocycles. The van der Waals surface area contributed by atoms with Gasteiger partial charge in [-0.1, -0.05) is 52.5 Å². The molecule has 5 nitrogen and oxygen atoms in total. The van der Waals surface area contributed by atoms with Crippen LogP contribution in [0.5, 0.6) is 40.2 Å². The third-order valence-electron chi connectivity index (χ3n) is 4.99. The minimum atomic E-state index is 0.0107. The molecule has 0 heterocycles. The molecule has 40 heavy (non-hydrogen) atoms. The van der Waals surface area contributed by atoms with Gasteiger partial charge in [0.15, 0.2) is 23.0 Å². The molecule has 0 aliphatic rings. The first-order valence-corrected chi connectivity index (χ1v) is 13.9. The van der Waals surface area contributed by atoms with Crippen molar-refractivity contribution in [2.45, 2.75) is 46.8 Å². The molecule has 0 saturated heterocycles. The monoisotopic (exact) mass is 622 g/mol. The number of hydrogen-bond acceptors (Lipinski definition) is 5. The maximum atomic E-state index is 9.96. The first-order valence-electron chi connectivity index (χ1n) is 12.4. The molecule has 1 N–H and O–H groups in total. The van der Waals surface area contributed by atoms with Crippen LogP contribution >= 0.6 is 46.4 Å². The van der Waals surface area contributed by atoms with E-state index in [4.69, 9.17) is 65.4 Å². The van der Waals surface area contributed by atoms with E-state index in [9.17, 15) is 5.11 Å². The molecule has 9 heteroatoms. The Bertz CT molecular complexity index is 1440. The van der Waals surface area contributed by atoms with Gasteiger partial charge in [0.05, 0.1) is 22.3 Å². The van der Waals surface area contributed by atoms with Gasteiger partial charge >= 0.3 is 0 Å². The molecule has 0 bridgehead atoms. The molecule has 4 rings (SSSR count). The van der Waals surface area contributed by atoms with E-state index in [0.29, 0.717) is 54.6 Å². The van der Waals surface area contributed by atoms with Gasteiger partial charge in [-0.2, -0.15) is 0 Å². The fraction of sp³-hybridized carbons (Fsp3) is 0.226. The van der Waals surface area contributed by atoms with Crippen LogP contribution in [-0.4, -0.2) is 17.3 Å². The molecular formula is C31H30Cl4O5. The number of rotatable bonds is 8. The van der Waals surface area contributed by atoms with E-state index in [-0.39, 0.29) is 18.0 Å². The van der Waals surface area contributed by atoms with Crippen LogP contribution in [-0.2, 0) is 0 Å². The van der Waals surface area contributed by atoms with Gasteiger partial charge < -0.3 is 24.1 Å². The first kappa shape index (κ1) is 31.6. The molecule has 0 unspecified atom stereocenters. The van der Waals surface area contributed by atoms with Crippen molar-refractivity contribution in [2.24, 2.45) is 0 Å². The average molecular weight is 624 g/mol. The first-order chi connectivity index (χ1) is 18.9. The summed E-state index contributed by atoms with van der Waals surface area (Å²) in [7, 11) is 0. The number of halogens is 4. The molecule has 0 aliphatic carbocycles. The highest BCUT2D eigenvalue weighted by atomic mass is 35.5. The number of phenols is 1. The van der Waals surface area contributed by atoms with E-state index >= 15 is 0 Å². The Labute approximate surface area is 255 Å². The number of aromatic hydroxyl groups is 1. The van der Waals surface area contributed by atoms with Gasteiger partial charge in [-0.3, -0.25) is 0 Å². The fourth-order valence-electron chi connectivity index (χ4n) is 3.32. The van der Waals surface area contributed by atoms with Gasteiger partial charge in [0.2, 0.25) is 0 Å². The molecule has 0 fully saturated rings. The van der Waals surface area contributed by atoms with Gasteiger partial charge in [0.25, 0.3) is 0 Å². The van der Waals surface area contributed by atoms with Crippen molar-refractivity contribution >= 4 is 46.4 Å². The zero-order chi connectivity index (χ0) is 29.4. The van der Waals surface area contributed by atoms with E-state index in [2.05, 4.69) is 0 Å². The second kappa shape index (κ2) is 14.6. The number of benzene rings is 4. The summed E-state index contributed by atoms with van der Waals surface area (Å²) in [5.74, 6) is 3.08. The van der Waals surface area contributed by atoms with Crippen LogP contribution in [0.3, 0.4) is 0 Å². The van der Waals surface area contributed by atoms with Crippen molar-refractivity contribution in [2.75, 3.05) is 0 Å². The Morgan fingerprint density at radius 3 is 1.65 bits per heavy atom. The number of phenolic OH excluding ortho intramolecular Hbond substituents is 1. The molecule has 0 spiro atoms. The largest absolute Gasteiger partial charge is 0.504 e. The minimum Gasteiger partial charge on any atom is -0.504 e. The van der Waals surface area contributed by atoms with Crippen molar-refractivity contribution in [3.05, 3.63) is 98.5 Å². The Kier molecular flexibility index (Phi) is 11.5. The quantitative estimate of drug-likeness (QED) is 0.211.